The number of hydrazine groups is 1. The average molecular weight is 160 g/mol. The Morgan fingerprint density at radius 3 is 2.18 bits per heavy atom. The Hall–Kier alpha value is -0.120. The second kappa shape index (κ2) is 5.52. The van der Waals surface area contributed by atoms with Gasteiger partial charge in [-0.2, -0.15) is 0 Å². The SMILES string of the molecule is CCCC(O)CN(C)N(C)C. The molecule has 1 atom stereocenters. The van der Waals surface area contributed by atoms with Crippen LogP contribution in [0.3, 0.4) is 0 Å². The van der Waals surface area contributed by atoms with Crippen molar-refractivity contribution >= 4 is 0 Å². The largest absolute Gasteiger partial charge is 0.392 e. The van der Waals surface area contributed by atoms with Gasteiger partial charge < -0.3 is 5.11 Å². The minimum atomic E-state index is -0.188. The molecule has 0 aromatic carbocycles. The molecule has 0 fully saturated rings. The molecule has 0 aliphatic carbocycles. The number of hydrogen-bond donors (Lipinski definition) is 1. The van der Waals surface area contributed by atoms with E-state index >= 15 is 0 Å². The molecule has 68 valence electrons. The maximum Gasteiger partial charge on any atom is 0.0681 e. The van der Waals surface area contributed by atoms with Gasteiger partial charge in [0.25, 0.3) is 0 Å². The lowest BCUT2D eigenvalue weighted by Gasteiger charge is -2.26. The van der Waals surface area contributed by atoms with Gasteiger partial charge in [-0.05, 0) is 6.42 Å². The van der Waals surface area contributed by atoms with E-state index in [2.05, 4.69) is 6.92 Å². The number of rotatable bonds is 5. The third kappa shape index (κ3) is 5.18. The van der Waals surface area contributed by atoms with Gasteiger partial charge in [0.2, 0.25) is 0 Å². The van der Waals surface area contributed by atoms with Gasteiger partial charge in [-0.15, -0.1) is 0 Å². The fourth-order valence-corrected chi connectivity index (χ4v) is 0.893. The molecule has 0 aromatic rings. The van der Waals surface area contributed by atoms with Crippen molar-refractivity contribution in [2.24, 2.45) is 0 Å². The van der Waals surface area contributed by atoms with Crippen LogP contribution >= 0.6 is 0 Å². The zero-order valence-corrected chi connectivity index (χ0v) is 8.04. The third-order valence-corrected chi connectivity index (χ3v) is 1.78. The molecule has 0 rings (SSSR count). The zero-order valence-electron chi connectivity index (χ0n) is 8.04. The Morgan fingerprint density at radius 2 is 1.82 bits per heavy atom. The fraction of sp³-hybridized carbons (Fsp3) is 1.00. The summed E-state index contributed by atoms with van der Waals surface area (Å²) in [6.45, 7) is 2.81. The first-order valence-corrected chi connectivity index (χ1v) is 4.14. The van der Waals surface area contributed by atoms with Crippen molar-refractivity contribution in [1.29, 1.82) is 0 Å². The first-order chi connectivity index (χ1) is 5.07. The van der Waals surface area contributed by atoms with Crippen molar-refractivity contribution in [1.82, 2.24) is 10.0 Å². The lowest BCUT2D eigenvalue weighted by molar-refractivity contribution is 0.00523. The smallest absolute Gasteiger partial charge is 0.0681 e. The van der Waals surface area contributed by atoms with Crippen LogP contribution in [0.5, 0.6) is 0 Å². The molecule has 0 aliphatic heterocycles. The van der Waals surface area contributed by atoms with Gasteiger partial charge in [-0.3, -0.25) is 0 Å². The van der Waals surface area contributed by atoms with Crippen LogP contribution in [0, 0.1) is 0 Å². The molecule has 0 aliphatic rings. The second-order valence-electron chi connectivity index (χ2n) is 3.13. The Kier molecular flexibility index (Phi) is 5.46. The van der Waals surface area contributed by atoms with Crippen LogP contribution in [0.2, 0.25) is 0 Å². The van der Waals surface area contributed by atoms with E-state index < -0.39 is 0 Å². The third-order valence-electron chi connectivity index (χ3n) is 1.78. The van der Waals surface area contributed by atoms with Gasteiger partial charge in [0, 0.05) is 27.7 Å². The molecule has 0 heterocycles. The predicted molar refractivity (Wildman–Crippen MR) is 47.2 cm³/mol. The maximum atomic E-state index is 9.40. The summed E-state index contributed by atoms with van der Waals surface area (Å²) in [6, 6.07) is 0. The lowest BCUT2D eigenvalue weighted by Crippen LogP contribution is -2.38. The van der Waals surface area contributed by atoms with Crippen molar-refractivity contribution < 1.29 is 5.11 Å². The van der Waals surface area contributed by atoms with Crippen molar-refractivity contribution in [3.05, 3.63) is 0 Å². The number of likely N-dealkylation sites (N-methyl/N-ethyl adjacent to an activating group) is 1. The van der Waals surface area contributed by atoms with Crippen molar-refractivity contribution in [2.75, 3.05) is 27.7 Å². The molecule has 11 heavy (non-hydrogen) atoms. The fourth-order valence-electron chi connectivity index (χ4n) is 0.893. The quantitative estimate of drug-likeness (QED) is 0.595. The maximum absolute atomic E-state index is 9.40. The molecule has 0 saturated carbocycles. The van der Waals surface area contributed by atoms with E-state index in [1.54, 1.807) is 0 Å². The van der Waals surface area contributed by atoms with Gasteiger partial charge in [0.15, 0.2) is 0 Å². The predicted octanol–water partition coefficient (Wildman–Crippen LogP) is 0.556. The highest BCUT2D eigenvalue weighted by molar-refractivity contribution is 4.57. The number of aliphatic hydroxyl groups is 1. The molecule has 3 heteroatoms. The normalized spacial score (nSPS) is 14.5. The molecule has 0 aromatic heterocycles. The standard InChI is InChI=1S/C8H20N2O/c1-5-6-8(11)7-10(4)9(2)3/h8,11H,5-7H2,1-4H3. The van der Waals surface area contributed by atoms with Crippen molar-refractivity contribution in [3.63, 3.8) is 0 Å². The van der Waals surface area contributed by atoms with Crippen LogP contribution in [-0.4, -0.2) is 48.9 Å². The molecular weight excluding hydrogens is 140 g/mol. The van der Waals surface area contributed by atoms with Gasteiger partial charge in [-0.1, -0.05) is 13.3 Å². The Bertz CT molecular complexity index is 96.1. The van der Waals surface area contributed by atoms with E-state index in [9.17, 15) is 5.11 Å². The number of nitrogens with zero attached hydrogens (tertiary/aromatic N) is 2. The number of hydrogen-bond acceptors (Lipinski definition) is 3. The van der Waals surface area contributed by atoms with E-state index in [1.807, 2.05) is 31.2 Å². The summed E-state index contributed by atoms with van der Waals surface area (Å²) in [7, 11) is 5.91. The van der Waals surface area contributed by atoms with E-state index in [4.69, 9.17) is 0 Å². The van der Waals surface area contributed by atoms with Crippen LogP contribution in [-0.2, 0) is 0 Å². The van der Waals surface area contributed by atoms with Gasteiger partial charge in [0.05, 0.1) is 6.10 Å². The molecule has 0 saturated heterocycles. The highest BCUT2D eigenvalue weighted by atomic mass is 16.3. The molecular formula is C8H20N2O. The van der Waals surface area contributed by atoms with Crippen LogP contribution in [0.1, 0.15) is 19.8 Å². The molecule has 1 unspecified atom stereocenters. The summed E-state index contributed by atoms with van der Waals surface area (Å²) in [5, 5.41) is 13.4. The topological polar surface area (TPSA) is 26.7 Å². The Morgan fingerprint density at radius 1 is 1.27 bits per heavy atom. The minimum absolute atomic E-state index is 0.188. The zero-order chi connectivity index (χ0) is 8.85. The van der Waals surface area contributed by atoms with Crippen LogP contribution in [0.25, 0.3) is 0 Å². The molecule has 0 bridgehead atoms. The summed E-state index contributed by atoms with van der Waals surface area (Å²) in [5.74, 6) is 0. The van der Waals surface area contributed by atoms with Crippen LogP contribution < -0.4 is 0 Å². The molecule has 0 radical (unpaired) electrons. The van der Waals surface area contributed by atoms with E-state index in [1.165, 1.54) is 0 Å². The van der Waals surface area contributed by atoms with Crippen molar-refractivity contribution in [2.45, 2.75) is 25.9 Å². The summed E-state index contributed by atoms with van der Waals surface area (Å²) in [4.78, 5) is 0. The molecule has 3 nitrogen and oxygen atoms in total. The monoisotopic (exact) mass is 160 g/mol. The Labute approximate surface area is 69.6 Å². The summed E-state index contributed by atoms with van der Waals surface area (Å²) in [6.07, 6.45) is 1.74. The Balaban J connectivity index is 3.48. The van der Waals surface area contributed by atoms with Gasteiger partial charge in [-0.25, -0.2) is 10.0 Å². The summed E-state index contributed by atoms with van der Waals surface area (Å²) >= 11 is 0. The average Bonchev–Trinajstić information content (AvgIpc) is 1.87. The van der Waals surface area contributed by atoms with Gasteiger partial charge in [0.1, 0.15) is 0 Å². The summed E-state index contributed by atoms with van der Waals surface area (Å²) < 4.78 is 0. The highest BCUT2D eigenvalue weighted by Crippen LogP contribution is 1.98. The van der Waals surface area contributed by atoms with E-state index in [0.717, 1.165) is 19.4 Å². The lowest BCUT2D eigenvalue weighted by atomic mass is 10.2. The molecule has 0 amide bonds. The highest BCUT2D eigenvalue weighted by Gasteiger charge is 2.07. The van der Waals surface area contributed by atoms with Crippen molar-refractivity contribution in [3.8, 4) is 0 Å². The molecule has 0 spiro atoms. The second-order valence-corrected chi connectivity index (χ2v) is 3.13. The van der Waals surface area contributed by atoms with E-state index in [0.29, 0.717) is 0 Å². The van der Waals surface area contributed by atoms with E-state index in [-0.39, 0.29) is 6.10 Å². The minimum Gasteiger partial charge on any atom is -0.392 e. The summed E-state index contributed by atoms with van der Waals surface area (Å²) in [5.41, 5.74) is 0. The van der Waals surface area contributed by atoms with Crippen LogP contribution in [0.4, 0.5) is 0 Å². The van der Waals surface area contributed by atoms with Gasteiger partial charge >= 0.3 is 0 Å². The number of aliphatic hydroxyl groups excluding tert-OH is 1. The first-order valence-electron chi connectivity index (χ1n) is 4.14. The van der Waals surface area contributed by atoms with Crippen LogP contribution in [0.15, 0.2) is 0 Å². The first kappa shape index (κ1) is 10.9. The molecule has 1 N–H and O–H groups in total.